The summed E-state index contributed by atoms with van der Waals surface area (Å²) in [5, 5.41) is 3.43. The molecule has 4 heteroatoms. The first-order valence-electron chi connectivity index (χ1n) is 3.85. The van der Waals surface area contributed by atoms with Crippen LogP contribution in [0.1, 0.15) is 5.56 Å². The third kappa shape index (κ3) is 2.59. The number of rotatable bonds is 3. The maximum atomic E-state index is 13.3. The average Bonchev–Trinajstić information content (AvgIpc) is 2.04. The number of thioether (sulfide) groups is 1. The van der Waals surface area contributed by atoms with Crippen LogP contribution in [0.25, 0.3) is 0 Å². The van der Waals surface area contributed by atoms with Crippen LogP contribution in [0.3, 0.4) is 0 Å². The number of hydrogen-bond acceptors (Lipinski definition) is 2. The molecule has 0 bridgehead atoms. The zero-order chi connectivity index (χ0) is 9.84. The summed E-state index contributed by atoms with van der Waals surface area (Å²) < 4.78 is 13.3. The number of benzene rings is 1. The molecule has 0 radical (unpaired) electrons. The number of halogens is 2. The Kier molecular flexibility index (Phi) is 4.03. The van der Waals surface area contributed by atoms with Crippen molar-refractivity contribution in [3.8, 4) is 0 Å². The van der Waals surface area contributed by atoms with Gasteiger partial charge in [0.1, 0.15) is 5.82 Å². The lowest BCUT2D eigenvalue weighted by molar-refractivity contribution is 0.598. The van der Waals surface area contributed by atoms with Gasteiger partial charge in [0.05, 0.1) is 9.92 Å². The predicted molar refractivity (Wildman–Crippen MR) is 56.0 cm³/mol. The van der Waals surface area contributed by atoms with Crippen LogP contribution in [0.2, 0.25) is 5.02 Å². The molecule has 0 aromatic heterocycles. The Morgan fingerprint density at radius 2 is 2.23 bits per heavy atom. The van der Waals surface area contributed by atoms with Crippen molar-refractivity contribution in [1.29, 1.82) is 0 Å². The van der Waals surface area contributed by atoms with Gasteiger partial charge in [0.2, 0.25) is 0 Å². The zero-order valence-electron chi connectivity index (χ0n) is 7.53. The van der Waals surface area contributed by atoms with Gasteiger partial charge in [-0.2, -0.15) is 0 Å². The molecule has 0 amide bonds. The summed E-state index contributed by atoms with van der Waals surface area (Å²) in [7, 11) is 1.81. The Hall–Kier alpha value is -0.250. The number of hydrogen-bond donors (Lipinski definition) is 1. The largest absolute Gasteiger partial charge is 0.316 e. The van der Waals surface area contributed by atoms with E-state index < -0.39 is 0 Å². The third-order valence-corrected chi connectivity index (χ3v) is 2.88. The molecule has 0 saturated heterocycles. The van der Waals surface area contributed by atoms with E-state index >= 15 is 0 Å². The second-order valence-corrected chi connectivity index (χ2v) is 3.85. The topological polar surface area (TPSA) is 12.0 Å². The molecule has 72 valence electrons. The van der Waals surface area contributed by atoms with Crippen LogP contribution in [-0.4, -0.2) is 13.3 Å². The third-order valence-electron chi connectivity index (χ3n) is 1.64. The van der Waals surface area contributed by atoms with Crippen molar-refractivity contribution >= 4 is 23.4 Å². The quantitative estimate of drug-likeness (QED) is 0.785. The number of nitrogens with one attached hydrogen (secondary N) is 1. The lowest BCUT2D eigenvalue weighted by Crippen LogP contribution is -2.05. The van der Waals surface area contributed by atoms with Gasteiger partial charge in [-0.15, -0.1) is 11.8 Å². The molecule has 1 N–H and O–H groups in total. The maximum Gasteiger partial charge on any atom is 0.138 e. The van der Waals surface area contributed by atoms with Crippen molar-refractivity contribution in [3.63, 3.8) is 0 Å². The fraction of sp³-hybridized carbons (Fsp3) is 0.333. The van der Waals surface area contributed by atoms with E-state index in [2.05, 4.69) is 5.32 Å². The highest BCUT2D eigenvalue weighted by Gasteiger charge is 2.07. The Balaban J connectivity index is 3.05. The molecule has 0 aliphatic carbocycles. The standard InChI is InChI=1S/C9H11ClFNS/c1-12-5-6-3-7(10)9(13-2)8(11)4-6/h3-4,12H,5H2,1-2H3. The normalized spacial score (nSPS) is 10.5. The summed E-state index contributed by atoms with van der Waals surface area (Å²) in [6.45, 7) is 0.630. The Bertz CT molecular complexity index is 281. The summed E-state index contributed by atoms with van der Waals surface area (Å²) >= 11 is 7.20. The van der Waals surface area contributed by atoms with Gasteiger partial charge >= 0.3 is 0 Å². The second kappa shape index (κ2) is 4.84. The molecule has 0 heterocycles. The van der Waals surface area contributed by atoms with E-state index in [1.807, 2.05) is 13.3 Å². The van der Waals surface area contributed by atoms with Crippen molar-refractivity contribution in [3.05, 3.63) is 28.5 Å². The fourth-order valence-corrected chi connectivity index (χ4v) is 2.08. The average molecular weight is 220 g/mol. The van der Waals surface area contributed by atoms with Crippen LogP contribution < -0.4 is 5.32 Å². The highest BCUT2D eigenvalue weighted by Crippen LogP contribution is 2.29. The first-order chi connectivity index (χ1) is 6.19. The van der Waals surface area contributed by atoms with Crippen molar-refractivity contribution in [2.45, 2.75) is 11.4 Å². The van der Waals surface area contributed by atoms with Gasteiger partial charge in [0.15, 0.2) is 0 Å². The summed E-state index contributed by atoms with van der Waals surface area (Å²) in [6, 6.07) is 3.29. The highest BCUT2D eigenvalue weighted by molar-refractivity contribution is 7.98. The minimum absolute atomic E-state index is 0.245. The first kappa shape index (κ1) is 10.8. The van der Waals surface area contributed by atoms with Crippen LogP contribution in [0.4, 0.5) is 4.39 Å². The molecule has 13 heavy (non-hydrogen) atoms. The Morgan fingerprint density at radius 3 is 2.69 bits per heavy atom. The molecule has 1 rings (SSSR count). The van der Waals surface area contributed by atoms with Crippen LogP contribution in [-0.2, 0) is 6.54 Å². The van der Waals surface area contributed by atoms with Crippen LogP contribution >= 0.6 is 23.4 Å². The Morgan fingerprint density at radius 1 is 1.54 bits per heavy atom. The van der Waals surface area contributed by atoms with Crippen molar-refractivity contribution in [1.82, 2.24) is 5.32 Å². The van der Waals surface area contributed by atoms with Crippen LogP contribution in [0.15, 0.2) is 17.0 Å². The van der Waals surface area contributed by atoms with Gasteiger partial charge in [-0.25, -0.2) is 4.39 Å². The molecule has 0 fully saturated rings. The molecule has 0 atom stereocenters. The molecule has 0 spiro atoms. The van der Waals surface area contributed by atoms with Crippen LogP contribution in [0.5, 0.6) is 0 Å². The molecule has 1 aromatic rings. The van der Waals surface area contributed by atoms with E-state index in [0.717, 1.165) is 5.56 Å². The molecule has 1 nitrogen and oxygen atoms in total. The molecular weight excluding hydrogens is 209 g/mol. The van der Waals surface area contributed by atoms with Gasteiger partial charge < -0.3 is 5.32 Å². The monoisotopic (exact) mass is 219 g/mol. The van der Waals surface area contributed by atoms with E-state index in [-0.39, 0.29) is 5.82 Å². The van der Waals surface area contributed by atoms with Gasteiger partial charge in [0, 0.05) is 6.54 Å². The van der Waals surface area contributed by atoms with Crippen LogP contribution in [0, 0.1) is 5.82 Å². The minimum atomic E-state index is -0.245. The maximum absolute atomic E-state index is 13.3. The summed E-state index contributed by atoms with van der Waals surface area (Å²) in [6.07, 6.45) is 1.81. The summed E-state index contributed by atoms with van der Waals surface area (Å²) in [5.41, 5.74) is 0.864. The molecule has 0 saturated carbocycles. The lowest BCUT2D eigenvalue weighted by Gasteiger charge is -2.06. The molecule has 0 unspecified atom stereocenters. The van der Waals surface area contributed by atoms with E-state index in [1.54, 1.807) is 6.07 Å². The van der Waals surface area contributed by atoms with Gasteiger partial charge in [-0.1, -0.05) is 11.6 Å². The smallest absolute Gasteiger partial charge is 0.138 e. The highest BCUT2D eigenvalue weighted by atomic mass is 35.5. The minimum Gasteiger partial charge on any atom is -0.316 e. The second-order valence-electron chi connectivity index (χ2n) is 2.62. The SMILES string of the molecule is CNCc1cc(F)c(SC)c(Cl)c1. The lowest BCUT2D eigenvalue weighted by atomic mass is 10.2. The van der Waals surface area contributed by atoms with Crippen molar-refractivity contribution in [2.75, 3.05) is 13.3 Å². The van der Waals surface area contributed by atoms with Gasteiger partial charge in [-0.05, 0) is 31.0 Å². The van der Waals surface area contributed by atoms with E-state index in [0.29, 0.717) is 16.5 Å². The fourth-order valence-electron chi connectivity index (χ4n) is 1.11. The van der Waals surface area contributed by atoms with Gasteiger partial charge in [-0.3, -0.25) is 0 Å². The summed E-state index contributed by atoms with van der Waals surface area (Å²) in [4.78, 5) is 0.515. The Labute approximate surface area is 86.7 Å². The first-order valence-corrected chi connectivity index (χ1v) is 5.45. The van der Waals surface area contributed by atoms with Gasteiger partial charge in [0.25, 0.3) is 0 Å². The van der Waals surface area contributed by atoms with E-state index in [1.165, 1.54) is 17.8 Å². The predicted octanol–water partition coefficient (Wildman–Crippen LogP) is 2.92. The summed E-state index contributed by atoms with van der Waals surface area (Å²) in [5.74, 6) is -0.245. The zero-order valence-corrected chi connectivity index (χ0v) is 9.10. The molecule has 1 aromatic carbocycles. The molecular formula is C9H11ClFNS. The van der Waals surface area contributed by atoms with Crippen molar-refractivity contribution < 1.29 is 4.39 Å². The van der Waals surface area contributed by atoms with Crippen molar-refractivity contribution in [2.24, 2.45) is 0 Å². The van der Waals surface area contributed by atoms with E-state index in [9.17, 15) is 4.39 Å². The van der Waals surface area contributed by atoms with E-state index in [4.69, 9.17) is 11.6 Å². The molecule has 0 aliphatic rings. The molecule has 0 aliphatic heterocycles.